The zero-order valence-corrected chi connectivity index (χ0v) is 7.21. The highest BCUT2D eigenvalue weighted by Gasteiger charge is 1.92. The summed E-state index contributed by atoms with van der Waals surface area (Å²) in [7, 11) is 0. The molecule has 0 heterocycles. The molecule has 0 unspecified atom stereocenters. The molecule has 0 bridgehead atoms. The molecule has 0 aliphatic rings. The Morgan fingerprint density at radius 2 is 2.00 bits per heavy atom. The van der Waals surface area contributed by atoms with E-state index in [1.54, 1.807) is 12.1 Å². The summed E-state index contributed by atoms with van der Waals surface area (Å²) in [5.74, 6) is 0. The molecule has 1 aromatic carbocycles. The Balaban J connectivity index is 2.60. The predicted molar refractivity (Wildman–Crippen MR) is 46.7 cm³/mol. The van der Waals surface area contributed by atoms with Gasteiger partial charge < -0.3 is 4.74 Å². The zero-order chi connectivity index (χ0) is 8.81. The summed E-state index contributed by atoms with van der Waals surface area (Å²) in [6.07, 6.45) is 0. The summed E-state index contributed by atoms with van der Waals surface area (Å²) in [6.45, 7) is 0.495. The van der Waals surface area contributed by atoms with Crippen LogP contribution in [0.1, 0.15) is 11.1 Å². The third-order valence-corrected chi connectivity index (χ3v) is 1.58. The van der Waals surface area contributed by atoms with E-state index in [4.69, 9.17) is 21.6 Å². The van der Waals surface area contributed by atoms with Gasteiger partial charge in [0.15, 0.2) is 0 Å². The summed E-state index contributed by atoms with van der Waals surface area (Å²) in [5, 5.41) is 8.50. The molecule has 2 nitrogen and oxygen atoms in total. The number of alkyl halides is 1. The zero-order valence-electron chi connectivity index (χ0n) is 6.46. The molecule has 0 aliphatic carbocycles. The summed E-state index contributed by atoms with van der Waals surface area (Å²) in [6, 6.07) is 9.46. The lowest BCUT2D eigenvalue weighted by Gasteiger charge is -1.99. The van der Waals surface area contributed by atoms with Crippen molar-refractivity contribution in [1.29, 1.82) is 5.26 Å². The Morgan fingerprint density at radius 3 is 2.50 bits per heavy atom. The molecular weight excluding hydrogens is 174 g/mol. The van der Waals surface area contributed by atoms with E-state index in [1.165, 1.54) is 0 Å². The second kappa shape index (κ2) is 4.76. The maximum absolute atomic E-state index is 8.50. The minimum Gasteiger partial charge on any atom is -0.361 e. The smallest absolute Gasteiger partial charge is 0.121 e. The molecule has 0 fully saturated rings. The van der Waals surface area contributed by atoms with Gasteiger partial charge in [-0.2, -0.15) is 5.26 Å². The van der Waals surface area contributed by atoms with Crippen molar-refractivity contribution in [3.05, 3.63) is 35.4 Å². The van der Waals surface area contributed by atoms with Crippen molar-refractivity contribution in [2.24, 2.45) is 0 Å². The van der Waals surface area contributed by atoms with Crippen LogP contribution in [0.25, 0.3) is 0 Å². The van der Waals surface area contributed by atoms with Crippen LogP contribution in [0, 0.1) is 11.3 Å². The lowest BCUT2D eigenvalue weighted by atomic mass is 10.2. The molecule has 12 heavy (non-hydrogen) atoms. The van der Waals surface area contributed by atoms with Gasteiger partial charge in [-0.25, -0.2) is 0 Å². The number of nitriles is 1. The van der Waals surface area contributed by atoms with Crippen molar-refractivity contribution < 1.29 is 4.74 Å². The first-order valence-corrected chi connectivity index (χ1v) is 4.03. The van der Waals surface area contributed by atoms with Gasteiger partial charge in [0.25, 0.3) is 0 Å². The quantitative estimate of drug-likeness (QED) is 0.671. The molecule has 0 N–H and O–H groups in total. The Hall–Kier alpha value is -1.04. The fraction of sp³-hybridized carbons (Fsp3) is 0.222. The van der Waals surface area contributed by atoms with Crippen molar-refractivity contribution in [2.75, 3.05) is 6.07 Å². The van der Waals surface area contributed by atoms with Crippen LogP contribution in [0.5, 0.6) is 0 Å². The first kappa shape index (κ1) is 9.05. The van der Waals surface area contributed by atoms with Crippen LogP contribution >= 0.6 is 11.6 Å². The van der Waals surface area contributed by atoms with Crippen LogP contribution < -0.4 is 0 Å². The molecule has 0 aromatic heterocycles. The number of ether oxygens (including phenoxy) is 1. The van der Waals surface area contributed by atoms with Crippen LogP contribution in [-0.4, -0.2) is 6.07 Å². The molecule has 3 heteroatoms. The average molecular weight is 182 g/mol. The fourth-order valence-electron chi connectivity index (χ4n) is 0.832. The van der Waals surface area contributed by atoms with Crippen LogP contribution in [0.4, 0.5) is 0 Å². The van der Waals surface area contributed by atoms with Crippen molar-refractivity contribution >= 4 is 11.6 Å². The largest absolute Gasteiger partial charge is 0.361 e. The van der Waals surface area contributed by atoms with E-state index in [0.717, 1.165) is 5.56 Å². The number of hydrogen-bond donors (Lipinski definition) is 0. The summed E-state index contributed by atoms with van der Waals surface area (Å²) in [4.78, 5) is 0. The predicted octanol–water partition coefficient (Wildman–Crippen LogP) is 2.27. The van der Waals surface area contributed by atoms with Gasteiger partial charge in [-0.1, -0.05) is 23.7 Å². The van der Waals surface area contributed by atoms with Crippen molar-refractivity contribution in [2.45, 2.75) is 6.61 Å². The molecular formula is C9H8ClNO. The molecule has 0 saturated heterocycles. The molecule has 0 aliphatic heterocycles. The highest BCUT2D eigenvalue weighted by atomic mass is 35.5. The van der Waals surface area contributed by atoms with Gasteiger partial charge in [0.2, 0.25) is 0 Å². The van der Waals surface area contributed by atoms with Crippen molar-refractivity contribution in [1.82, 2.24) is 0 Å². The number of halogens is 1. The van der Waals surface area contributed by atoms with Gasteiger partial charge in [-0.15, -0.1) is 0 Å². The van der Waals surface area contributed by atoms with E-state index in [0.29, 0.717) is 12.2 Å². The average Bonchev–Trinajstić information content (AvgIpc) is 2.15. The molecule has 0 amide bonds. The van der Waals surface area contributed by atoms with E-state index < -0.39 is 0 Å². The monoisotopic (exact) mass is 181 g/mol. The van der Waals surface area contributed by atoms with Crippen LogP contribution in [0.15, 0.2) is 24.3 Å². The second-order valence-corrected chi connectivity index (χ2v) is 2.48. The number of hydrogen-bond acceptors (Lipinski definition) is 2. The number of rotatable bonds is 3. The normalized spacial score (nSPS) is 9.33. The molecule has 0 radical (unpaired) electrons. The van der Waals surface area contributed by atoms with E-state index in [9.17, 15) is 0 Å². The van der Waals surface area contributed by atoms with Gasteiger partial charge >= 0.3 is 0 Å². The van der Waals surface area contributed by atoms with E-state index in [-0.39, 0.29) is 6.07 Å². The molecule has 1 rings (SSSR count). The van der Waals surface area contributed by atoms with Crippen molar-refractivity contribution in [3.8, 4) is 6.07 Å². The van der Waals surface area contributed by atoms with E-state index >= 15 is 0 Å². The first-order valence-electron chi connectivity index (χ1n) is 3.49. The Labute approximate surface area is 76.3 Å². The van der Waals surface area contributed by atoms with Crippen LogP contribution in [0.2, 0.25) is 0 Å². The van der Waals surface area contributed by atoms with Gasteiger partial charge in [-0.05, 0) is 17.7 Å². The number of nitrogens with zero attached hydrogens (tertiary/aromatic N) is 1. The summed E-state index contributed by atoms with van der Waals surface area (Å²) < 4.78 is 4.98. The maximum Gasteiger partial charge on any atom is 0.121 e. The lowest BCUT2D eigenvalue weighted by molar-refractivity contribution is 0.165. The SMILES string of the molecule is N#Cc1ccc(COCCl)cc1. The molecule has 62 valence electrons. The first-order chi connectivity index (χ1) is 5.86. The summed E-state index contributed by atoms with van der Waals surface area (Å²) in [5.41, 5.74) is 1.68. The topological polar surface area (TPSA) is 33.0 Å². The van der Waals surface area contributed by atoms with Gasteiger partial charge in [0.05, 0.1) is 18.2 Å². The Kier molecular flexibility index (Phi) is 3.59. The molecule has 1 aromatic rings. The Morgan fingerprint density at radius 1 is 1.33 bits per heavy atom. The third kappa shape index (κ3) is 2.54. The van der Waals surface area contributed by atoms with Crippen LogP contribution in [0.3, 0.4) is 0 Å². The third-order valence-electron chi connectivity index (χ3n) is 1.43. The minimum atomic E-state index is 0.194. The fourth-order valence-corrected chi connectivity index (χ4v) is 0.909. The van der Waals surface area contributed by atoms with E-state index in [1.807, 2.05) is 18.2 Å². The Bertz CT molecular complexity index is 276. The molecule has 0 saturated carbocycles. The minimum absolute atomic E-state index is 0.194. The van der Waals surface area contributed by atoms with Gasteiger partial charge in [0.1, 0.15) is 6.07 Å². The highest BCUT2D eigenvalue weighted by molar-refractivity contribution is 6.17. The van der Waals surface area contributed by atoms with Crippen LogP contribution in [-0.2, 0) is 11.3 Å². The highest BCUT2D eigenvalue weighted by Crippen LogP contribution is 2.04. The maximum atomic E-state index is 8.50. The van der Waals surface area contributed by atoms with Crippen molar-refractivity contribution in [3.63, 3.8) is 0 Å². The van der Waals surface area contributed by atoms with E-state index in [2.05, 4.69) is 0 Å². The lowest BCUT2D eigenvalue weighted by Crippen LogP contribution is -1.89. The molecule has 0 atom stereocenters. The standard InChI is InChI=1S/C9H8ClNO/c10-7-12-6-9-3-1-8(5-11)2-4-9/h1-4H,6-7H2. The number of benzene rings is 1. The van der Waals surface area contributed by atoms with Gasteiger partial charge in [0, 0.05) is 0 Å². The van der Waals surface area contributed by atoms with Gasteiger partial charge in [-0.3, -0.25) is 0 Å². The summed E-state index contributed by atoms with van der Waals surface area (Å²) >= 11 is 5.34. The second-order valence-electron chi connectivity index (χ2n) is 2.27. The molecule has 0 spiro atoms.